The van der Waals surface area contributed by atoms with Gasteiger partial charge < -0.3 is 26.2 Å². The fourth-order valence-electron chi connectivity index (χ4n) is 2.68. The molecule has 8 nitrogen and oxygen atoms in total. The van der Waals surface area contributed by atoms with Crippen molar-refractivity contribution in [1.82, 2.24) is 15.4 Å². The Balaban J connectivity index is 1.92. The van der Waals surface area contributed by atoms with Crippen LogP contribution in [0.5, 0.6) is 0 Å². The number of aliphatic hydroxyl groups is 2. The molecule has 0 fully saturated rings. The van der Waals surface area contributed by atoms with Gasteiger partial charge in [-0.2, -0.15) is 0 Å². The van der Waals surface area contributed by atoms with E-state index in [-0.39, 0.29) is 13.2 Å². The summed E-state index contributed by atoms with van der Waals surface area (Å²) in [6.07, 6.45) is 4.07. The normalized spacial score (nSPS) is 10.8. The van der Waals surface area contributed by atoms with Gasteiger partial charge in [0.15, 0.2) is 11.6 Å². The molecule has 150 valence electrons. The fourth-order valence-corrected chi connectivity index (χ4v) is 2.68. The van der Waals surface area contributed by atoms with Gasteiger partial charge in [0.05, 0.1) is 13.2 Å². The summed E-state index contributed by atoms with van der Waals surface area (Å²) in [5.41, 5.74) is 3.52. The van der Waals surface area contributed by atoms with Crippen molar-refractivity contribution >= 4 is 35.2 Å². The third-order valence-electron chi connectivity index (χ3n) is 4.05. The lowest BCUT2D eigenvalue weighted by Gasteiger charge is -2.16. The van der Waals surface area contributed by atoms with Gasteiger partial charge in [-0.05, 0) is 22.4 Å². The van der Waals surface area contributed by atoms with Crippen LogP contribution in [-0.4, -0.2) is 51.9 Å². The molecule has 1 aromatic heterocycles. The molecule has 0 amide bonds. The van der Waals surface area contributed by atoms with Gasteiger partial charge in [0, 0.05) is 18.8 Å². The van der Waals surface area contributed by atoms with E-state index in [4.69, 9.17) is 10.2 Å². The Morgan fingerprint density at radius 3 is 2.03 bits per heavy atom. The minimum atomic E-state index is -0.0424. The maximum absolute atomic E-state index is 9.14. The topological polar surface area (TPSA) is 115 Å². The quantitative estimate of drug-likeness (QED) is 0.335. The van der Waals surface area contributed by atoms with Crippen LogP contribution in [0.15, 0.2) is 54.6 Å². The van der Waals surface area contributed by atoms with Crippen molar-refractivity contribution in [2.45, 2.75) is 0 Å². The lowest BCUT2D eigenvalue weighted by molar-refractivity contribution is 0.311. The van der Waals surface area contributed by atoms with Gasteiger partial charge in [-0.15, -0.1) is 10.2 Å². The first-order valence-electron chi connectivity index (χ1n) is 9.34. The first-order chi connectivity index (χ1) is 14.3. The molecule has 29 heavy (non-hydrogen) atoms. The van der Waals surface area contributed by atoms with Gasteiger partial charge in [0.2, 0.25) is 0 Å². The molecule has 3 rings (SSSR count). The van der Waals surface area contributed by atoms with E-state index in [2.05, 4.69) is 31.4 Å². The number of hydrogen-bond donors (Lipinski definition) is 5. The van der Waals surface area contributed by atoms with Crippen LogP contribution in [0.2, 0.25) is 0 Å². The van der Waals surface area contributed by atoms with E-state index in [0.29, 0.717) is 30.4 Å². The Bertz CT molecular complexity index is 907. The maximum atomic E-state index is 9.14. The lowest BCUT2D eigenvalue weighted by atomic mass is 10.1. The highest BCUT2D eigenvalue weighted by atomic mass is 16.3. The fraction of sp³-hybridized carbons (Fsp3) is 0.190. The lowest BCUT2D eigenvalue weighted by Crippen LogP contribution is -2.15. The Hall–Kier alpha value is -3.49. The summed E-state index contributed by atoms with van der Waals surface area (Å²) in [7, 11) is 0. The van der Waals surface area contributed by atoms with Crippen LogP contribution in [0.25, 0.3) is 12.2 Å². The van der Waals surface area contributed by atoms with E-state index in [1.165, 1.54) is 0 Å². The zero-order valence-electron chi connectivity index (χ0n) is 15.9. The number of anilines is 4. The summed E-state index contributed by atoms with van der Waals surface area (Å²) in [6, 6.07) is 17.9. The highest BCUT2D eigenvalue weighted by Crippen LogP contribution is 2.31. The summed E-state index contributed by atoms with van der Waals surface area (Å²) in [4.78, 5) is 0. The number of nitrogens with one attached hydrogen (secondary N) is 3. The summed E-state index contributed by atoms with van der Waals surface area (Å²) in [6.45, 7) is 0.559. The molecular weight excluding hydrogens is 368 g/mol. The van der Waals surface area contributed by atoms with Gasteiger partial charge in [0.1, 0.15) is 5.69 Å². The Morgan fingerprint density at radius 2 is 1.38 bits per heavy atom. The highest BCUT2D eigenvalue weighted by Gasteiger charge is 2.14. The largest absolute Gasteiger partial charge is 0.395 e. The van der Waals surface area contributed by atoms with Gasteiger partial charge in [-0.3, -0.25) is 0 Å². The molecule has 0 aliphatic carbocycles. The maximum Gasteiger partial charge on any atom is 0.178 e. The summed E-state index contributed by atoms with van der Waals surface area (Å²) >= 11 is 0. The number of nitrogens with zero attached hydrogens (tertiary/aromatic N) is 3. The SMILES string of the molecule is OCCNc1nnnc(NCCO)c1Nc1ccccc1C=Cc1ccccc1. The molecule has 3 aromatic rings. The van der Waals surface area contributed by atoms with Gasteiger partial charge in [0.25, 0.3) is 0 Å². The number of aromatic nitrogens is 3. The zero-order valence-corrected chi connectivity index (χ0v) is 15.9. The van der Waals surface area contributed by atoms with Crippen LogP contribution in [0, 0.1) is 0 Å². The molecular formula is C21H24N6O2. The summed E-state index contributed by atoms with van der Waals surface area (Å²) in [5, 5.41) is 39.5. The van der Waals surface area contributed by atoms with Crippen molar-refractivity contribution in [2.24, 2.45) is 0 Å². The van der Waals surface area contributed by atoms with Crippen LogP contribution in [-0.2, 0) is 0 Å². The average Bonchev–Trinajstić information content (AvgIpc) is 2.77. The van der Waals surface area contributed by atoms with Gasteiger partial charge in [-0.25, -0.2) is 0 Å². The predicted octanol–water partition coefficient (Wildman–Crippen LogP) is 2.59. The number of rotatable bonds is 10. The van der Waals surface area contributed by atoms with Crippen LogP contribution in [0.1, 0.15) is 11.1 Å². The zero-order chi connectivity index (χ0) is 20.3. The number of para-hydroxylation sites is 1. The van der Waals surface area contributed by atoms with Crippen LogP contribution in [0.3, 0.4) is 0 Å². The molecule has 0 spiro atoms. The highest BCUT2D eigenvalue weighted by molar-refractivity contribution is 5.85. The minimum Gasteiger partial charge on any atom is -0.395 e. The molecule has 8 heteroatoms. The standard InChI is InChI=1S/C21H24N6O2/c28-14-12-22-20-19(21(23-13-15-29)26-27-25-20)24-18-9-5-4-8-17(18)11-10-16-6-2-1-3-7-16/h1-11,28-29H,12-15H2,(H,24,27)(H2,22,23,25,26). The first-order valence-corrected chi connectivity index (χ1v) is 9.34. The first kappa shape index (κ1) is 20.2. The third-order valence-corrected chi connectivity index (χ3v) is 4.05. The predicted molar refractivity (Wildman–Crippen MR) is 116 cm³/mol. The second kappa shape index (κ2) is 10.7. The van der Waals surface area contributed by atoms with Gasteiger partial charge in [-0.1, -0.05) is 60.7 Å². The number of hydrogen-bond acceptors (Lipinski definition) is 8. The molecule has 0 unspecified atom stereocenters. The third kappa shape index (κ3) is 5.74. The molecule has 2 aromatic carbocycles. The molecule has 0 aliphatic rings. The van der Waals surface area contributed by atoms with Crippen molar-refractivity contribution in [2.75, 3.05) is 42.3 Å². The molecule has 0 aliphatic heterocycles. The molecule has 1 heterocycles. The molecule has 0 saturated carbocycles. The number of benzene rings is 2. The van der Waals surface area contributed by atoms with Crippen molar-refractivity contribution in [3.05, 3.63) is 65.7 Å². The molecule has 5 N–H and O–H groups in total. The smallest absolute Gasteiger partial charge is 0.178 e. The van der Waals surface area contributed by atoms with Crippen molar-refractivity contribution < 1.29 is 10.2 Å². The molecule has 0 saturated heterocycles. The van der Waals surface area contributed by atoms with Gasteiger partial charge >= 0.3 is 0 Å². The van der Waals surface area contributed by atoms with Crippen LogP contribution in [0.4, 0.5) is 23.0 Å². The van der Waals surface area contributed by atoms with E-state index in [9.17, 15) is 0 Å². The Kier molecular flexibility index (Phi) is 7.50. The summed E-state index contributed by atoms with van der Waals surface area (Å²) < 4.78 is 0. The Morgan fingerprint density at radius 1 is 0.759 bits per heavy atom. The van der Waals surface area contributed by atoms with Crippen molar-refractivity contribution in [3.63, 3.8) is 0 Å². The van der Waals surface area contributed by atoms with E-state index in [0.717, 1.165) is 16.8 Å². The number of aliphatic hydroxyl groups excluding tert-OH is 2. The second-order valence-corrected chi connectivity index (χ2v) is 6.12. The molecule has 0 bridgehead atoms. The monoisotopic (exact) mass is 392 g/mol. The van der Waals surface area contributed by atoms with Crippen LogP contribution < -0.4 is 16.0 Å². The van der Waals surface area contributed by atoms with E-state index in [1.807, 2.05) is 66.7 Å². The van der Waals surface area contributed by atoms with Crippen LogP contribution >= 0.6 is 0 Å². The summed E-state index contributed by atoms with van der Waals surface area (Å²) in [5.74, 6) is 0.910. The Labute approximate surface area is 169 Å². The second-order valence-electron chi connectivity index (χ2n) is 6.12. The molecule has 0 atom stereocenters. The minimum absolute atomic E-state index is 0.0424. The molecule has 0 radical (unpaired) electrons. The van der Waals surface area contributed by atoms with E-state index >= 15 is 0 Å². The van der Waals surface area contributed by atoms with Crippen molar-refractivity contribution in [1.29, 1.82) is 0 Å². The average molecular weight is 392 g/mol. The van der Waals surface area contributed by atoms with E-state index in [1.54, 1.807) is 0 Å². The van der Waals surface area contributed by atoms with Crippen molar-refractivity contribution in [3.8, 4) is 0 Å². The van der Waals surface area contributed by atoms with E-state index < -0.39 is 0 Å².